The summed E-state index contributed by atoms with van der Waals surface area (Å²) in [6.07, 6.45) is 1.94. The van der Waals surface area contributed by atoms with Gasteiger partial charge in [0, 0.05) is 23.2 Å². The third-order valence-corrected chi connectivity index (χ3v) is 3.31. The predicted octanol–water partition coefficient (Wildman–Crippen LogP) is 2.17. The molecule has 19 heavy (non-hydrogen) atoms. The van der Waals surface area contributed by atoms with E-state index in [-0.39, 0.29) is 11.8 Å². The maximum atomic E-state index is 11.5. The topological polar surface area (TPSA) is 80.9 Å². The molecule has 3 rings (SSSR count). The Morgan fingerprint density at radius 2 is 2.00 bits per heavy atom. The van der Waals surface area contributed by atoms with Gasteiger partial charge < -0.3 is 11.1 Å². The highest BCUT2D eigenvalue weighted by Crippen LogP contribution is 2.36. The van der Waals surface area contributed by atoms with Gasteiger partial charge in [-0.05, 0) is 18.1 Å². The first kappa shape index (κ1) is 11.6. The Bertz CT molecular complexity index is 636. The standard InChI is InChI=1S/C14H14N4O/c1-8-6-11(19)18-14-12(8)13(16-7-17-14)9-2-4-10(15)5-3-9/h2-5,7-8H,6,15H2,1H3,(H,16,17,18,19)/t8-/m1/s1. The summed E-state index contributed by atoms with van der Waals surface area (Å²) >= 11 is 0. The summed E-state index contributed by atoms with van der Waals surface area (Å²) in [6.45, 7) is 2.02. The molecule has 0 radical (unpaired) electrons. The number of hydrogen-bond acceptors (Lipinski definition) is 4. The monoisotopic (exact) mass is 254 g/mol. The molecule has 0 spiro atoms. The molecule has 0 aliphatic carbocycles. The number of hydrogen-bond donors (Lipinski definition) is 2. The van der Waals surface area contributed by atoms with Crippen molar-refractivity contribution in [3.8, 4) is 11.3 Å². The highest BCUT2D eigenvalue weighted by Gasteiger charge is 2.26. The van der Waals surface area contributed by atoms with Crippen molar-refractivity contribution >= 4 is 17.4 Å². The van der Waals surface area contributed by atoms with E-state index in [1.54, 1.807) is 0 Å². The summed E-state index contributed by atoms with van der Waals surface area (Å²) in [7, 11) is 0. The van der Waals surface area contributed by atoms with Crippen molar-refractivity contribution in [2.45, 2.75) is 19.3 Å². The lowest BCUT2D eigenvalue weighted by Crippen LogP contribution is -2.23. The van der Waals surface area contributed by atoms with Crippen LogP contribution in [0.4, 0.5) is 11.5 Å². The molecule has 1 aliphatic heterocycles. The van der Waals surface area contributed by atoms with E-state index in [0.29, 0.717) is 17.9 Å². The van der Waals surface area contributed by atoms with Crippen LogP contribution in [0.5, 0.6) is 0 Å². The number of fused-ring (bicyclic) bond motifs is 1. The Hall–Kier alpha value is -2.43. The van der Waals surface area contributed by atoms with Gasteiger partial charge in [0.1, 0.15) is 12.1 Å². The van der Waals surface area contributed by atoms with Crippen LogP contribution in [-0.2, 0) is 4.79 Å². The highest BCUT2D eigenvalue weighted by atomic mass is 16.1. The number of anilines is 2. The molecule has 3 N–H and O–H groups in total. The Balaban J connectivity index is 2.15. The van der Waals surface area contributed by atoms with E-state index in [9.17, 15) is 4.79 Å². The third-order valence-electron chi connectivity index (χ3n) is 3.31. The van der Waals surface area contributed by atoms with Crippen LogP contribution >= 0.6 is 0 Å². The Kier molecular flexibility index (Phi) is 2.67. The predicted molar refractivity (Wildman–Crippen MR) is 73.5 cm³/mol. The first-order chi connectivity index (χ1) is 9.15. The van der Waals surface area contributed by atoms with Crippen molar-refractivity contribution in [1.29, 1.82) is 0 Å². The van der Waals surface area contributed by atoms with Crippen molar-refractivity contribution in [2.24, 2.45) is 0 Å². The summed E-state index contributed by atoms with van der Waals surface area (Å²) in [6, 6.07) is 7.55. The molecule has 0 saturated heterocycles. The number of nitrogens with zero attached hydrogens (tertiary/aromatic N) is 2. The average Bonchev–Trinajstić information content (AvgIpc) is 2.38. The molecule has 0 saturated carbocycles. The zero-order valence-corrected chi connectivity index (χ0v) is 10.6. The van der Waals surface area contributed by atoms with Gasteiger partial charge in [-0.1, -0.05) is 19.1 Å². The zero-order valence-electron chi connectivity index (χ0n) is 10.6. The van der Waals surface area contributed by atoms with Gasteiger partial charge in [0.05, 0.1) is 5.69 Å². The molecule has 1 aliphatic rings. The molecule has 0 bridgehead atoms. The number of nitrogen functional groups attached to an aromatic ring is 1. The number of carbonyl (C=O) groups is 1. The van der Waals surface area contributed by atoms with Crippen LogP contribution in [0.1, 0.15) is 24.8 Å². The fourth-order valence-electron chi connectivity index (χ4n) is 2.40. The third kappa shape index (κ3) is 2.03. The lowest BCUT2D eigenvalue weighted by molar-refractivity contribution is -0.116. The zero-order chi connectivity index (χ0) is 13.4. The fourth-order valence-corrected chi connectivity index (χ4v) is 2.40. The van der Waals surface area contributed by atoms with Crippen molar-refractivity contribution in [2.75, 3.05) is 11.1 Å². The maximum absolute atomic E-state index is 11.5. The Morgan fingerprint density at radius 3 is 2.74 bits per heavy atom. The van der Waals surface area contributed by atoms with Gasteiger partial charge in [0.25, 0.3) is 0 Å². The van der Waals surface area contributed by atoms with E-state index in [4.69, 9.17) is 5.73 Å². The maximum Gasteiger partial charge on any atom is 0.226 e. The number of nitrogens with two attached hydrogens (primary N) is 1. The van der Waals surface area contributed by atoms with Crippen LogP contribution < -0.4 is 11.1 Å². The van der Waals surface area contributed by atoms with Gasteiger partial charge in [-0.2, -0.15) is 0 Å². The second-order valence-electron chi connectivity index (χ2n) is 4.76. The highest BCUT2D eigenvalue weighted by molar-refractivity contribution is 5.95. The van der Waals surface area contributed by atoms with Crippen LogP contribution in [-0.4, -0.2) is 15.9 Å². The van der Waals surface area contributed by atoms with Crippen LogP contribution in [0.25, 0.3) is 11.3 Å². The van der Waals surface area contributed by atoms with Crippen molar-refractivity contribution in [3.05, 3.63) is 36.2 Å². The number of amides is 1. The summed E-state index contributed by atoms with van der Waals surface area (Å²) in [5.41, 5.74) is 9.25. The SMILES string of the molecule is C[C@@H]1CC(=O)Nc2ncnc(-c3ccc(N)cc3)c21. The largest absolute Gasteiger partial charge is 0.399 e. The molecule has 0 fully saturated rings. The van der Waals surface area contributed by atoms with Gasteiger partial charge in [-0.25, -0.2) is 9.97 Å². The van der Waals surface area contributed by atoms with E-state index in [1.165, 1.54) is 6.33 Å². The first-order valence-corrected chi connectivity index (χ1v) is 6.16. The minimum Gasteiger partial charge on any atom is -0.399 e. The van der Waals surface area contributed by atoms with Gasteiger partial charge in [0.15, 0.2) is 0 Å². The van der Waals surface area contributed by atoms with Crippen molar-refractivity contribution in [3.63, 3.8) is 0 Å². The molecule has 2 aromatic rings. The molecule has 1 amide bonds. The Morgan fingerprint density at radius 1 is 1.26 bits per heavy atom. The summed E-state index contributed by atoms with van der Waals surface area (Å²) in [5.74, 6) is 0.727. The lowest BCUT2D eigenvalue weighted by Gasteiger charge is -2.23. The van der Waals surface area contributed by atoms with Crippen molar-refractivity contribution < 1.29 is 4.79 Å². The number of aromatic nitrogens is 2. The van der Waals surface area contributed by atoms with Gasteiger partial charge in [-0.3, -0.25) is 4.79 Å². The molecule has 96 valence electrons. The summed E-state index contributed by atoms with van der Waals surface area (Å²) in [5, 5.41) is 2.80. The molecule has 5 nitrogen and oxygen atoms in total. The van der Waals surface area contributed by atoms with Gasteiger partial charge in [-0.15, -0.1) is 0 Å². The fraction of sp³-hybridized carbons (Fsp3) is 0.214. The van der Waals surface area contributed by atoms with Crippen LogP contribution in [0.3, 0.4) is 0 Å². The molecule has 5 heteroatoms. The molecule has 2 heterocycles. The molecule has 1 aromatic carbocycles. The number of carbonyl (C=O) groups excluding carboxylic acids is 1. The molecule has 1 atom stereocenters. The second kappa shape index (κ2) is 4.35. The molecular weight excluding hydrogens is 240 g/mol. The quantitative estimate of drug-likeness (QED) is 0.764. The lowest BCUT2D eigenvalue weighted by atomic mass is 9.91. The van der Waals surface area contributed by atoms with E-state index < -0.39 is 0 Å². The normalized spacial score (nSPS) is 17.7. The summed E-state index contributed by atoms with van der Waals surface area (Å²) in [4.78, 5) is 20.1. The number of rotatable bonds is 1. The van der Waals surface area contributed by atoms with Gasteiger partial charge in [0.2, 0.25) is 5.91 Å². The summed E-state index contributed by atoms with van der Waals surface area (Å²) < 4.78 is 0. The number of nitrogens with one attached hydrogen (secondary N) is 1. The van der Waals surface area contributed by atoms with Gasteiger partial charge >= 0.3 is 0 Å². The van der Waals surface area contributed by atoms with Crippen LogP contribution in [0.2, 0.25) is 0 Å². The Labute approximate surface area is 110 Å². The van der Waals surface area contributed by atoms with E-state index in [1.807, 2.05) is 31.2 Å². The van der Waals surface area contributed by atoms with Crippen LogP contribution in [0.15, 0.2) is 30.6 Å². The van der Waals surface area contributed by atoms with E-state index in [0.717, 1.165) is 16.8 Å². The minimum atomic E-state index is 0.00181. The second-order valence-corrected chi connectivity index (χ2v) is 4.76. The molecular formula is C14H14N4O. The van der Waals surface area contributed by atoms with E-state index >= 15 is 0 Å². The first-order valence-electron chi connectivity index (χ1n) is 6.16. The molecule has 0 unspecified atom stereocenters. The minimum absolute atomic E-state index is 0.00181. The average molecular weight is 254 g/mol. The molecule has 1 aromatic heterocycles. The van der Waals surface area contributed by atoms with Crippen molar-refractivity contribution in [1.82, 2.24) is 9.97 Å². The van der Waals surface area contributed by atoms with Crippen LogP contribution in [0, 0.1) is 0 Å². The smallest absolute Gasteiger partial charge is 0.226 e. The number of benzene rings is 1. The van der Waals surface area contributed by atoms with E-state index in [2.05, 4.69) is 15.3 Å².